The molecule has 0 unspecified atom stereocenters. The van der Waals surface area contributed by atoms with Gasteiger partial charge in [-0.3, -0.25) is 0 Å². The summed E-state index contributed by atoms with van der Waals surface area (Å²) in [5, 5.41) is 20.6. The average molecular weight is 587 g/mol. The van der Waals surface area contributed by atoms with Crippen LogP contribution in [-0.4, -0.2) is 58.3 Å². The minimum absolute atomic E-state index is 0.0646. The number of anilines is 5. The SMILES string of the molecule is Cc1csc2nc(Nc3ccc(N4CCC(N5CCC5)CC4)c(OC(C)C)c3)nc(Nc3cccc(C(C)(C)O)c3)c12. The molecule has 0 aliphatic carbocycles. The largest absolute Gasteiger partial charge is 0.489 e. The summed E-state index contributed by atoms with van der Waals surface area (Å²) in [5.74, 6) is 2.13. The second-order valence-corrected chi connectivity index (χ2v) is 13.2. The standard InChI is InChI=1S/C33H42N6O2S/c1-21(2)41-28-19-25(10-11-27(28)39-16-12-26(13-17-39)38-14-7-15-38)35-32-36-30(29-22(3)20-42-31(29)37-32)34-24-9-6-8-23(18-24)33(4,5)40/h6,8-11,18-21,26,40H,7,12-17H2,1-5H3,(H2,34,35,36,37). The van der Waals surface area contributed by atoms with Crippen molar-refractivity contribution in [3.63, 3.8) is 0 Å². The van der Waals surface area contributed by atoms with Crippen molar-refractivity contribution in [2.24, 2.45) is 0 Å². The normalized spacial score (nSPS) is 16.6. The van der Waals surface area contributed by atoms with Crippen LogP contribution in [0.5, 0.6) is 5.75 Å². The van der Waals surface area contributed by atoms with Crippen molar-refractivity contribution in [3.8, 4) is 5.75 Å². The van der Waals surface area contributed by atoms with Crippen molar-refractivity contribution < 1.29 is 9.84 Å². The highest BCUT2D eigenvalue weighted by Crippen LogP contribution is 2.37. The zero-order chi connectivity index (χ0) is 29.4. The maximum atomic E-state index is 10.5. The van der Waals surface area contributed by atoms with Crippen LogP contribution in [0.25, 0.3) is 10.2 Å². The first-order valence-electron chi connectivity index (χ1n) is 15.1. The summed E-state index contributed by atoms with van der Waals surface area (Å²) in [6.45, 7) is 14.4. The van der Waals surface area contributed by atoms with Crippen molar-refractivity contribution in [3.05, 3.63) is 59.0 Å². The molecule has 2 saturated heterocycles. The smallest absolute Gasteiger partial charge is 0.230 e. The Balaban J connectivity index is 1.26. The van der Waals surface area contributed by atoms with E-state index in [-0.39, 0.29) is 6.10 Å². The molecule has 2 aromatic heterocycles. The topological polar surface area (TPSA) is 85.8 Å². The zero-order valence-electron chi connectivity index (χ0n) is 25.3. The van der Waals surface area contributed by atoms with Gasteiger partial charge >= 0.3 is 0 Å². The maximum Gasteiger partial charge on any atom is 0.230 e. The number of aliphatic hydroxyl groups is 1. The van der Waals surface area contributed by atoms with Crippen LogP contribution in [0.1, 0.15) is 58.1 Å². The predicted octanol–water partition coefficient (Wildman–Crippen LogP) is 7.18. The summed E-state index contributed by atoms with van der Waals surface area (Å²) in [4.78, 5) is 15.8. The minimum atomic E-state index is -0.934. The fraction of sp³-hybridized carbons (Fsp3) is 0.455. The second-order valence-electron chi connectivity index (χ2n) is 12.3. The summed E-state index contributed by atoms with van der Waals surface area (Å²) in [5.41, 5.74) is 3.91. The lowest BCUT2D eigenvalue weighted by Gasteiger charge is -2.43. The van der Waals surface area contributed by atoms with Gasteiger partial charge in [0.15, 0.2) is 0 Å². The highest BCUT2D eigenvalue weighted by Gasteiger charge is 2.29. The van der Waals surface area contributed by atoms with Gasteiger partial charge in [0.2, 0.25) is 5.95 Å². The molecule has 0 bridgehead atoms. The molecule has 4 heterocycles. The van der Waals surface area contributed by atoms with Crippen LogP contribution in [-0.2, 0) is 5.60 Å². The van der Waals surface area contributed by atoms with Gasteiger partial charge in [-0.1, -0.05) is 12.1 Å². The molecule has 0 spiro atoms. The number of nitrogens with zero attached hydrogens (tertiary/aromatic N) is 4. The van der Waals surface area contributed by atoms with Crippen LogP contribution in [0, 0.1) is 6.92 Å². The molecule has 42 heavy (non-hydrogen) atoms. The van der Waals surface area contributed by atoms with Gasteiger partial charge in [0, 0.05) is 36.6 Å². The first-order chi connectivity index (χ1) is 20.1. The van der Waals surface area contributed by atoms with E-state index >= 15 is 0 Å². The number of nitrogens with one attached hydrogen (secondary N) is 2. The number of aryl methyl sites for hydroxylation is 1. The lowest BCUT2D eigenvalue weighted by molar-refractivity contribution is 0.0786. The Morgan fingerprint density at radius 3 is 2.45 bits per heavy atom. The number of likely N-dealkylation sites (tertiary alicyclic amines) is 1. The highest BCUT2D eigenvalue weighted by atomic mass is 32.1. The van der Waals surface area contributed by atoms with E-state index in [1.165, 1.54) is 32.4 Å². The predicted molar refractivity (Wildman–Crippen MR) is 174 cm³/mol. The third-order valence-corrected chi connectivity index (χ3v) is 9.23. The summed E-state index contributed by atoms with van der Waals surface area (Å²) in [7, 11) is 0. The van der Waals surface area contributed by atoms with Crippen LogP contribution in [0.4, 0.5) is 28.8 Å². The molecule has 2 fully saturated rings. The summed E-state index contributed by atoms with van der Waals surface area (Å²) in [6.07, 6.45) is 3.80. The molecule has 2 aliphatic rings. The molecule has 222 valence electrons. The Morgan fingerprint density at radius 1 is 1.00 bits per heavy atom. The minimum Gasteiger partial charge on any atom is -0.489 e. The Hall–Kier alpha value is -3.40. The fourth-order valence-electron chi connectivity index (χ4n) is 5.85. The molecule has 0 amide bonds. The third kappa shape index (κ3) is 6.19. The molecule has 2 aliphatic heterocycles. The lowest BCUT2D eigenvalue weighted by atomic mass is 9.98. The van der Waals surface area contributed by atoms with E-state index in [0.29, 0.717) is 5.95 Å². The van der Waals surface area contributed by atoms with E-state index in [1.807, 2.05) is 24.3 Å². The lowest BCUT2D eigenvalue weighted by Crippen LogP contribution is -2.50. The number of hydrogen-bond donors (Lipinski definition) is 3. The molecule has 0 radical (unpaired) electrons. The summed E-state index contributed by atoms with van der Waals surface area (Å²) in [6, 6.07) is 14.9. The van der Waals surface area contributed by atoms with E-state index in [4.69, 9.17) is 14.7 Å². The molecule has 0 atom stereocenters. The van der Waals surface area contributed by atoms with Gasteiger partial charge in [0.05, 0.1) is 22.8 Å². The van der Waals surface area contributed by atoms with Crippen molar-refractivity contribution in [2.45, 2.75) is 71.6 Å². The quantitative estimate of drug-likeness (QED) is 0.190. The Labute approximate surface area is 252 Å². The molecule has 2 aromatic carbocycles. The van der Waals surface area contributed by atoms with Gasteiger partial charge in [-0.05, 0) is 108 Å². The average Bonchev–Trinajstić information content (AvgIpc) is 3.28. The summed E-state index contributed by atoms with van der Waals surface area (Å²) < 4.78 is 6.33. The van der Waals surface area contributed by atoms with Gasteiger partial charge < -0.3 is 30.3 Å². The van der Waals surface area contributed by atoms with E-state index in [1.54, 1.807) is 25.2 Å². The number of hydrogen-bond acceptors (Lipinski definition) is 9. The van der Waals surface area contributed by atoms with Gasteiger partial charge in [-0.15, -0.1) is 11.3 Å². The monoisotopic (exact) mass is 586 g/mol. The maximum absolute atomic E-state index is 10.5. The van der Waals surface area contributed by atoms with E-state index in [2.05, 4.69) is 64.8 Å². The molecule has 6 rings (SSSR count). The fourth-order valence-corrected chi connectivity index (χ4v) is 6.77. The Kier molecular flexibility index (Phi) is 8.00. The molecule has 3 N–H and O–H groups in total. The van der Waals surface area contributed by atoms with Gasteiger partial charge in [0.1, 0.15) is 16.4 Å². The number of fused-ring (bicyclic) bond motifs is 1. The van der Waals surface area contributed by atoms with Crippen LogP contribution >= 0.6 is 11.3 Å². The highest BCUT2D eigenvalue weighted by molar-refractivity contribution is 7.17. The number of thiophene rings is 1. The van der Waals surface area contributed by atoms with Gasteiger partial charge in [-0.25, -0.2) is 4.98 Å². The van der Waals surface area contributed by atoms with Gasteiger partial charge in [-0.2, -0.15) is 4.98 Å². The van der Waals surface area contributed by atoms with Crippen LogP contribution < -0.4 is 20.3 Å². The Morgan fingerprint density at radius 2 is 1.76 bits per heavy atom. The third-order valence-electron chi connectivity index (χ3n) is 8.24. The van der Waals surface area contributed by atoms with Crippen molar-refractivity contribution >= 4 is 50.4 Å². The van der Waals surface area contributed by atoms with Crippen LogP contribution in [0.2, 0.25) is 0 Å². The van der Waals surface area contributed by atoms with Crippen molar-refractivity contribution in [1.82, 2.24) is 14.9 Å². The molecular formula is C33H42N6O2S. The van der Waals surface area contributed by atoms with Crippen molar-refractivity contribution in [1.29, 1.82) is 0 Å². The molecule has 4 aromatic rings. The number of ether oxygens (including phenoxy) is 1. The molecular weight excluding hydrogens is 544 g/mol. The Bertz CT molecular complexity index is 1550. The molecule has 0 saturated carbocycles. The second kappa shape index (κ2) is 11.7. The number of aromatic nitrogens is 2. The number of piperidine rings is 1. The first kappa shape index (κ1) is 28.7. The van der Waals surface area contributed by atoms with E-state index in [0.717, 1.165) is 69.1 Å². The van der Waals surface area contributed by atoms with E-state index in [9.17, 15) is 5.11 Å². The molecule has 9 heteroatoms. The number of benzene rings is 2. The van der Waals surface area contributed by atoms with Gasteiger partial charge in [0.25, 0.3) is 0 Å². The van der Waals surface area contributed by atoms with Crippen LogP contribution in [0.15, 0.2) is 47.8 Å². The van der Waals surface area contributed by atoms with Crippen molar-refractivity contribution in [2.75, 3.05) is 41.7 Å². The first-order valence-corrected chi connectivity index (χ1v) is 15.9. The molecule has 8 nitrogen and oxygen atoms in total. The number of rotatable bonds is 9. The zero-order valence-corrected chi connectivity index (χ0v) is 26.1. The summed E-state index contributed by atoms with van der Waals surface area (Å²) >= 11 is 1.61. The van der Waals surface area contributed by atoms with Crippen LogP contribution in [0.3, 0.4) is 0 Å². The van der Waals surface area contributed by atoms with E-state index < -0.39 is 5.60 Å².